The van der Waals surface area contributed by atoms with Crippen molar-refractivity contribution in [2.45, 2.75) is 131 Å². The normalized spacial score (nSPS) is 12.9. The second-order valence-corrected chi connectivity index (χ2v) is 25.6. The van der Waals surface area contributed by atoms with Crippen LogP contribution in [0.25, 0.3) is 89.1 Å². The van der Waals surface area contributed by atoms with Gasteiger partial charge in [0.05, 0.1) is 33.3 Å². The van der Waals surface area contributed by atoms with Crippen molar-refractivity contribution in [2.75, 3.05) is 0 Å². The van der Waals surface area contributed by atoms with Crippen LogP contribution in [0.15, 0.2) is 158 Å². The van der Waals surface area contributed by atoms with E-state index in [0.717, 1.165) is 50.2 Å². The van der Waals surface area contributed by atoms with Gasteiger partial charge in [0, 0.05) is 39.5 Å². The smallest absolute Gasteiger partial charge is 0.149 e. The summed E-state index contributed by atoms with van der Waals surface area (Å²) in [4.78, 5) is 10.6. The van der Waals surface area contributed by atoms with Crippen LogP contribution in [0.5, 0.6) is 5.75 Å². The highest BCUT2D eigenvalue weighted by Crippen LogP contribution is 2.43. The third-order valence-electron chi connectivity index (χ3n) is 14.8. The number of aromatic hydroxyl groups is 1. The fourth-order valence-electron chi connectivity index (χ4n) is 10.2. The Hall–Kier alpha value is -7.24. The predicted octanol–water partition coefficient (Wildman–Crippen LogP) is 18.4. The molecule has 10 rings (SSSR count). The average molecular weight is 961 g/mol. The van der Waals surface area contributed by atoms with Crippen LogP contribution in [-0.2, 0) is 27.1 Å². The topological polar surface area (TPSA) is 55.9 Å². The van der Waals surface area contributed by atoms with Gasteiger partial charge in [0.2, 0.25) is 0 Å². The molecule has 0 saturated heterocycles. The summed E-state index contributed by atoms with van der Waals surface area (Å²) >= 11 is 0. The van der Waals surface area contributed by atoms with Gasteiger partial charge in [-0.3, -0.25) is 9.55 Å². The van der Waals surface area contributed by atoms with Crippen LogP contribution in [0, 0.1) is 0 Å². The Morgan fingerprint density at radius 3 is 1.47 bits per heavy atom. The zero-order valence-corrected chi connectivity index (χ0v) is 45.7. The third kappa shape index (κ3) is 9.28. The van der Waals surface area contributed by atoms with Gasteiger partial charge in [-0.2, -0.15) is 0 Å². The van der Waals surface area contributed by atoms with Gasteiger partial charge in [-0.1, -0.05) is 171 Å². The lowest BCUT2D eigenvalue weighted by Crippen LogP contribution is -2.17. The second-order valence-electron chi connectivity index (χ2n) is 25.6. The summed E-state index contributed by atoms with van der Waals surface area (Å²) in [6, 6.07) is 55.2. The summed E-state index contributed by atoms with van der Waals surface area (Å²) in [6.07, 6.45) is 1.95. The number of benzene rings is 7. The second kappa shape index (κ2) is 17.5. The number of nitrogens with zero attached hydrogens (tertiary/aromatic N) is 4. The number of phenolic OH excluding ortho intramolecular Hbond substituents is 1. The van der Waals surface area contributed by atoms with E-state index in [1.807, 2.05) is 24.4 Å². The van der Waals surface area contributed by atoms with Crippen molar-refractivity contribution >= 4 is 32.8 Å². The van der Waals surface area contributed by atoms with E-state index in [1.54, 1.807) is 6.07 Å². The van der Waals surface area contributed by atoms with Crippen molar-refractivity contribution in [2.24, 2.45) is 0 Å². The van der Waals surface area contributed by atoms with E-state index in [-0.39, 0.29) is 32.8 Å². The molecule has 0 saturated carbocycles. The van der Waals surface area contributed by atoms with Crippen molar-refractivity contribution in [3.05, 3.63) is 186 Å². The SMILES string of the molecule is CC(C)(C)c1cc(-c2cc(-c3ccc4c(c3)c3ccccc3n4-c3cc(C(C)(C)C)cc(C(C)(C)C)c3)ccn2)cc(-c2cccc3c2nc(-c2ccccc2O)n3-c2cc(C(C)(C)C)cc(C(C)(C)C)c2)c1. The summed E-state index contributed by atoms with van der Waals surface area (Å²) in [5.41, 5.74) is 19.4. The lowest BCUT2D eigenvalue weighted by atomic mass is 9.80. The molecular weight excluding hydrogens is 889 g/mol. The molecule has 1 N–H and O–H groups in total. The molecule has 0 atom stereocenters. The monoisotopic (exact) mass is 961 g/mol. The number of hydrogen-bond donors (Lipinski definition) is 1. The molecule has 0 unspecified atom stereocenters. The Labute approximate surface area is 433 Å². The molecule has 0 fully saturated rings. The quantitative estimate of drug-likeness (QED) is 0.181. The summed E-state index contributed by atoms with van der Waals surface area (Å²) in [5, 5.41) is 13.9. The largest absolute Gasteiger partial charge is 0.507 e. The fourth-order valence-corrected chi connectivity index (χ4v) is 10.2. The first-order valence-electron chi connectivity index (χ1n) is 26.0. The summed E-state index contributed by atoms with van der Waals surface area (Å²) < 4.78 is 4.70. The number of phenols is 1. The van der Waals surface area contributed by atoms with Crippen LogP contribution in [0.1, 0.15) is 132 Å². The highest BCUT2D eigenvalue weighted by molar-refractivity contribution is 6.10. The third-order valence-corrected chi connectivity index (χ3v) is 14.8. The fraction of sp³-hybridized carbons (Fsp3) is 0.294. The van der Waals surface area contributed by atoms with E-state index in [1.165, 1.54) is 55.3 Å². The van der Waals surface area contributed by atoms with Crippen molar-refractivity contribution < 1.29 is 5.11 Å². The van der Waals surface area contributed by atoms with Crippen molar-refractivity contribution in [1.82, 2.24) is 19.1 Å². The van der Waals surface area contributed by atoms with E-state index < -0.39 is 0 Å². The Morgan fingerprint density at radius 2 is 0.863 bits per heavy atom. The molecule has 5 heteroatoms. The van der Waals surface area contributed by atoms with E-state index in [2.05, 4.69) is 240 Å². The average Bonchev–Trinajstić information content (AvgIpc) is 3.88. The Kier molecular flexibility index (Phi) is 11.8. The van der Waals surface area contributed by atoms with E-state index in [9.17, 15) is 5.11 Å². The maximum Gasteiger partial charge on any atom is 0.149 e. The highest BCUT2D eigenvalue weighted by atomic mass is 16.3. The number of imidazole rings is 1. The van der Waals surface area contributed by atoms with Gasteiger partial charge in [0.1, 0.15) is 11.6 Å². The number of para-hydroxylation sites is 3. The highest BCUT2D eigenvalue weighted by Gasteiger charge is 2.27. The van der Waals surface area contributed by atoms with Gasteiger partial charge in [-0.05, 0) is 157 Å². The Morgan fingerprint density at radius 1 is 0.370 bits per heavy atom. The van der Waals surface area contributed by atoms with Gasteiger partial charge in [-0.15, -0.1) is 0 Å². The molecule has 0 radical (unpaired) electrons. The number of hydrogen-bond acceptors (Lipinski definition) is 3. The Bertz CT molecular complexity index is 3700. The zero-order valence-electron chi connectivity index (χ0n) is 45.7. The van der Waals surface area contributed by atoms with Gasteiger partial charge < -0.3 is 9.67 Å². The predicted molar refractivity (Wildman–Crippen MR) is 310 cm³/mol. The molecule has 0 spiro atoms. The first-order valence-corrected chi connectivity index (χ1v) is 26.0. The van der Waals surface area contributed by atoms with Gasteiger partial charge in [0.15, 0.2) is 0 Å². The number of rotatable bonds is 6. The summed E-state index contributed by atoms with van der Waals surface area (Å²) in [5.74, 6) is 0.887. The molecule has 73 heavy (non-hydrogen) atoms. The van der Waals surface area contributed by atoms with Gasteiger partial charge in [0.25, 0.3) is 0 Å². The van der Waals surface area contributed by atoms with Crippen LogP contribution < -0.4 is 0 Å². The van der Waals surface area contributed by atoms with E-state index in [0.29, 0.717) is 11.4 Å². The zero-order chi connectivity index (χ0) is 52.2. The van der Waals surface area contributed by atoms with Crippen LogP contribution >= 0.6 is 0 Å². The van der Waals surface area contributed by atoms with Crippen molar-refractivity contribution in [3.8, 4) is 62.0 Å². The number of aromatic nitrogens is 4. The molecule has 0 aliphatic rings. The van der Waals surface area contributed by atoms with Crippen LogP contribution in [0.2, 0.25) is 0 Å². The molecule has 7 aromatic carbocycles. The molecule has 3 heterocycles. The molecule has 5 nitrogen and oxygen atoms in total. The molecule has 3 aromatic heterocycles. The molecule has 10 aromatic rings. The van der Waals surface area contributed by atoms with Crippen LogP contribution in [0.4, 0.5) is 0 Å². The van der Waals surface area contributed by atoms with Crippen molar-refractivity contribution in [3.63, 3.8) is 0 Å². The summed E-state index contributed by atoms with van der Waals surface area (Å²) in [7, 11) is 0. The first-order chi connectivity index (χ1) is 34.2. The van der Waals surface area contributed by atoms with E-state index in [4.69, 9.17) is 9.97 Å². The Balaban J connectivity index is 1.13. The standard InChI is InChI=1S/C68H72N4O/c1-64(2,3)46-32-44(53-23-20-25-60-62(53)70-63(55-22-17-19-26-61(55)73)72(60)52-40-49(67(10,11)12)37-50(41-52)68(13,14)15)31-45(33-46)57-35-43(29-30-69-57)42-27-28-59-56(34-42)54-21-16-18-24-58(54)71(59)51-38-47(65(4,5)6)36-48(39-51)66(7,8)9/h16-41,73H,1-15H3. The van der Waals surface area contributed by atoms with Crippen LogP contribution in [-0.4, -0.2) is 24.2 Å². The lowest BCUT2D eigenvalue weighted by Gasteiger charge is -2.27. The van der Waals surface area contributed by atoms with Gasteiger partial charge >= 0.3 is 0 Å². The molecule has 0 aliphatic heterocycles. The molecule has 0 amide bonds. The first kappa shape index (κ1) is 49.3. The number of pyridine rings is 1. The molecule has 370 valence electrons. The van der Waals surface area contributed by atoms with Gasteiger partial charge in [-0.25, -0.2) is 4.98 Å². The number of fused-ring (bicyclic) bond motifs is 4. The maximum absolute atomic E-state index is 11.5. The van der Waals surface area contributed by atoms with Crippen molar-refractivity contribution in [1.29, 1.82) is 0 Å². The maximum atomic E-state index is 11.5. The molecule has 0 aliphatic carbocycles. The lowest BCUT2D eigenvalue weighted by molar-refractivity contribution is 0.477. The minimum Gasteiger partial charge on any atom is -0.507 e. The van der Waals surface area contributed by atoms with E-state index >= 15 is 0 Å². The summed E-state index contributed by atoms with van der Waals surface area (Å²) in [6.45, 7) is 34.3. The minimum atomic E-state index is -0.160. The molecular formula is C68H72N4O. The molecule has 0 bridgehead atoms. The van der Waals surface area contributed by atoms with Crippen LogP contribution in [0.3, 0.4) is 0 Å². The minimum absolute atomic E-state index is 0.00291.